The molecule has 0 bridgehead atoms. The second-order valence-corrected chi connectivity index (χ2v) is 4.45. The Hall–Kier alpha value is -1.46. The molecule has 98 valence electrons. The molecule has 1 aromatic carbocycles. The van der Waals surface area contributed by atoms with Crippen LogP contribution in [0.5, 0.6) is 0 Å². The van der Waals surface area contributed by atoms with Crippen LogP contribution in [0.15, 0.2) is 24.3 Å². The largest absolute Gasteiger partial charge is 0.396 e. The fourth-order valence-corrected chi connectivity index (χ4v) is 2.27. The maximum absolute atomic E-state index is 13.7. The first-order chi connectivity index (χ1) is 8.65. The number of hydrogen-bond acceptors (Lipinski definition) is 3. The predicted octanol–water partition coefficient (Wildman–Crippen LogP) is 0.855. The zero-order valence-corrected chi connectivity index (χ0v) is 10.3. The van der Waals surface area contributed by atoms with E-state index in [1.54, 1.807) is 18.2 Å². The number of hydrogen-bond donors (Lipinski definition) is 1. The average Bonchev–Trinajstić information content (AvgIpc) is 2.36. The summed E-state index contributed by atoms with van der Waals surface area (Å²) in [5, 5.41) is 8.99. The van der Waals surface area contributed by atoms with Crippen LogP contribution in [0.4, 0.5) is 10.1 Å². The van der Waals surface area contributed by atoms with Gasteiger partial charge in [0.1, 0.15) is 5.82 Å². The smallest absolute Gasteiger partial charge is 0.244 e. The third-order valence-corrected chi connectivity index (χ3v) is 3.31. The lowest BCUT2D eigenvalue weighted by Gasteiger charge is -2.38. The number of likely N-dealkylation sites (N-methyl/N-ethyl adjacent to an activating group) is 1. The average molecular weight is 252 g/mol. The Morgan fingerprint density at radius 1 is 1.39 bits per heavy atom. The molecule has 0 aliphatic carbocycles. The number of amides is 1. The van der Waals surface area contributed by atoms with Crippen molar-refractivity contribution in [2.75, 3.05) is 31.6 Å². The van der Waals surface area contributed by atoms with E-state index >= 15 is 0 Å². The molecule has 5 heteroatoms. The molecule has 1 N–H and O–H groups in total. The Kier molecular flexibility index (Phi) is 3.93. The van der Waals surface area contributed by atoms with Gasteiger partial charge in [0.05, 0.1) is 11.7 Å². The van der Waals surface area contributed by atoms with Crippen LogP contribution in [0.25, 0.3) is 0 Å². The summed E-state index contributed by atoms with van der Waals surface area (Å²) in [5.41, 5.74) is 0.318. The highest BCUT2D eigenvalue weighted by Crippen LogP contribution is 2.23. The number of rotatable bonds is 3. The molecule has 0 aromatic heterocycles. The minimum atomic E-state index is -0.391. The molecular weight excluding hydrogens is 235 g/mol. The van der Waals surface area contributed by atoms with E-state index in [1.165, 1.54) is 11.0 Å². The molecule has 18 heavy (non-hydrogen) atoms. The molecule has 1 aliphatic rings. The van der Waals surface area contributed by atoms with E-state index in [2.05, 4.69) is 0 Å². The van der Waals surface area contributed by atoms with Gasteiger partial charge in [-0.15, -0.1) is 0 Å². The van der Waals surface area contributed by atoms with Gasteiger partial charge in [0, 0.05) is 19.7 Å². The van der Waals surface area contributed by atoms with Gasteiger partial charge in [-0.1, -0.05) is 12.1 Å². The summed E-state index contributed by atoms with van der Waals surface area (Å²) in [6, 6.07) is 5.90. The molecule has 1 aliphatic heterocycles. The summed E-state index contributed by atoms with van der Waals surface area (Å²) in [6.07, 6.45) is 0.375. The number of carbonyl (C=O) groups is 1. The van der Waals surface area contributed by atoms with Crippen LogP contribution in [-0.4, -0.2) is 48.7 Å². The third-order valence-electron chi connectivity index (χ3n) is 3.31. The lowest BCUT2D eigenvalue weighted by molar-refractivity contribution is -0.125. The molecule has 1 heterocycles. The quantitative estimate of drug-likeness (QED) is 0.867. The SMILES string of the molecule is CN1CCN(c2ccccc2F)C(=O)C1CCO. The van der Waals surface area contributed by atoms with E-state index in [-0.39, 0.29) is 18.6 Å². The standard InChI is InChI=1S/C13H17FN2O2/c1-15-7-8-16(13(18)12(15)6-9-17)11-5-3-2-4-10(11)14/h2-5,12,17H,6-9H2,1H3. The molecule has 1 fully saturated rings. The van der Waals surface area contributed by atoms with Gasteiger partial charge < -0.3 is 10.0 Å². The summed E-state index contributed by atoms with van der Waals surface area (Å²) in [5.74, 6) is -0.541. The summed E-state index contributed by atoms with van der Waals surface area (Å²) >= 11 is 0. The molecule has 1 unspecified atom stereocenters. The number of aliphatic hydroxyl groups is 1. The second-order valence-electron chi connectivity index (χ2n) is 4.45. The van der Waals surface area contributed by atoms with Gasteiger partial charge >= 0.3 is 0 Å². The van der Waals surface area contributed by atoms with Crippen molar-refractivity contribution in [2.45, 2.75) is 12.5 Å². The highest BCUT2D eigenvalue weighted by molar-refractivity contribution is 5.98. The normalized spacial score (nSPS) is 21.4. The minimum absolute atomic E-state index is 0.0497. The number of para-hydroxylation sites is 1. The van der Waals surface area contributed by atoms with E-state index in [1.807, 2.05) is 11.9 Å². The zero-order chi connectivity index (χ0) is 13.1. The Labute approximate surface area is 106 Å². The van der Waals surface area contributed by atoms with Crippen molar-refractivity contribution < 1.29 is 14.3 Å². The van der Waals surface area contributed by atoms with Gasteiger partial charge in [-0.25, -0.2) is 4.39 Å². The van der Waals surface area contributed by atoms with Crippen LogP contribution >= 0.6 is 0 Å². The monoisotopic (exact) mass is 252 g/mol. The van der Waals surface area contributed by atoms with E-state index in [4.69, 9.17) is 5.11 Å². The van der Waals surface area contributed by atoms with Gasteiger partial charge in [-0.2, -0.15) is 0 Å². The summed E-state index contributed by atoms with van der Waals surface area (Å²) in [4.78, 5) is 15.7. The van der Waals surface area contributed by atoms with Crippen molar-refractivity contribution in [1.82, 2.24) is 4.90 Å². The van der Waals surface area contributed by atoms with Crippen LogP contribution in [0.1, 0.15) is 6.42 Å². The van der Waals surface area contributed by atoms with Gasteiger partial charge in [0.15, 0.2) is 0 Å². The molecule has 1 aromatic rings. The third kappa shape index (κ3) is 2.37. The van der Waals surface area contributed by atoms with Crippen molar-refractivity contribution >= 4 is 11.6 Å². The summed E-state index contributed by atoms with van der Waals surface area (Å²) < 4.78 is 13.7. The molecule has 0 saturated carbocycles. The zero-order valence-electron chi connectivity index (χ0n) is 10.3. The lowest BCUT2D eigenvalue weighted by atomic mass is 10.1. The first-order valence-corrected chi connectivity index (χ1v) is 6.02. The minimum Gasteiger partial charge on any atom is -0.396 e. The van der Waals surface area contributed by atoms with Crippen LogP contribution in [-0.2, 0) is 4.79 Å². The van der Waals surface area contributed by atoms with E-state index in [0.29, 0.717) is 25.2 Å². The Morgan fingerprint density at radius 3 is 2.78 bits per heavy atom. The fourth-order valence-electron chi connectivity index (χ4n) is 2.27. The maximum Gasteiger partial charge on any atom is 0.244 e. The van der Waals surface area contributed by atoms with Crippen LogP contribution in [0.3, 0.4) is 0 Å². The van der Waals surface area contributed by atoms with Gasteiger partial charge in [-0.05, 0) is 25.6 Å². The first kappa shape index (κ1) is 13.0. The van der Waals surface area contributed by atoms with Gasteiger partial charge in [0.2, 0.25) is 5.91 Å². The number of benzene rings is 1. The number of nitrogens with zero attached hydrogens (tertiary/aromatic N) is 2. The van der Waals surface area contributed by atoms with E-state index < -0.39 is 5.82 Å². The van der Waals surface area contributed by atoms with E-state index in [0.717, 1.165) is 0 Å². The van der Waals surface area contributed by atoms with Crippen molar-refractivity contribution in [2.24, 2.45) is 0 Å². The van der Waals surface area contributed by atoms with Crippen LogP contribution in [0.2, 0.25) is 0 Å². The topological polar surface area (TPSA) is 43.8 Å². The molecule has 1 amide bonds. The number of anilines is 1. The predicted molar refractivity (Wildman–Crippen MR) is 66.9 cm³/mol. The van der Waals surface area contributed by atoms with Gasteiger partial charge in [-0.3, -0.25) is 9.69 Å². The lowest BCUT2D eigenvalue weighted by Crippen LogP contribution is -2.56. The number of halogens is 1. The van der Waals surface area contributed by atoms with Crippen LogP contribution < -0.4 is 4.90 Å². The molecular formula is C13H17FN2O2. The molecule has 4 nitrogen and oxygen atoms in total. The van der Waals surface area contributed by atoms with E-state index in [9.17, 15) is 9.18 Å². The van der Waals surface area contributed by atoms with Crippen molar-refractivity contribution in [3.8, 4) is 0 Å². The Balaban J connectivity index is 2.25. The highest BCUT2D eigenvalue weighted by Gasteiger charge is 2.33. The number of carbonyl (C=O) groups excluding carboxylic acids is 1. The summed E-state index contributed by atoms with van der Waals surface area (Å²) in [6.45, 7) is 1.09. The van der Waals surface area contributed by atoms with Crippen molar-refractivity contribution in [1.29, 1.82) is 0 Å². The maximum atomic E-state index is 13.7. The van der Waals surface area contributed by atoms with Crippen LogP contribution in [0, 0.1) is 5.82 Å². The second kappa shape index (κ2) is 5.46. The highest BCUT2D eigenvalue weighted by atomic mass is 19.1. The molecule has 1 saturated heterocycles. The number of aliphatic hydroxyl groups excluding tert-OH is 1. The Morgan fingerprint density at radius 2 is 2.11 bits per heavy atom. The summed E-state index contributed by atoms with van der Waals surface area (Å²) in [7, 11) is 1.84. The Bertz CT molecular complexity index is 439. The number of piperazine rings is 1. The van der Waals surface area contributed by atoms with Crippen molar-refractivity contribution in [3.05, 3.63) is 30.1 Å². The van der Waals surface area contributed by atoms with Crippen molar-refractivity contribution in [3.63, 3.8) is 0 Å². The molecule has 2 rings (SSSR count). The fraction of sp³-hybridized carbons (Fsp3) is 0.462. The van der Waals surface area contributed by atoms with Gasteiger partial charge in [0.25, 0.3) is 0 Å². The molecule has 0 spiro atoms. The molecule has 1 atom stereocenters. The first-order valence-electron chi connectivity index (χ1n) is 6.02. The molecule has 0 radical (unpaired) electrons.